The summed E-state index contributed by atoms with van der Waals surface area (Å²) in [6.45, 7) is 29.7. The number of fused-ring (bicyclic) bond motifs is 4. The van der Waals surface area contributed by atoms with E-state index in [-0.39, 0.29) is 48.5 Å². The van der Waals surface area contributed by atoms with Crippen LogP contribution in [0.3, 0.4) is 0 Å². The van der Waals surface area contributed by atoms with Crippen LogP contribution in [0.2, 0.25) is 0 Å². The Morgan fingerprint density at radius 2 is 1.09 bits per heavy atom. The number of aromatic nitrogens is 2. The fraction of sp³-hybridized carbons (Fsp3) is 0.229. The molecule has 0 unspecified atom stereocenters. The molecule has 2 aromatic heterocycles. The van der Waals surface area contributed by atoms with Crippen LogP contribution in [-0.4, -0.2) is 9.55 Å². The minimum absolute atomic E-state index is 0. The average Bonchev–Trinajstić information content (AvgIpc) is 4.06. The third kappa shape index (κ3) is 10.1. The number of benzene rings is 8. The van der Waals surface area contributed by atoms with E-state index in [1.807, 2.05) is 30.5 Å². The molecule has 8 aromatic carbocycles. The number of nitrogens with zero attached hydrogens (tertiary/aromatic N) is 4. The van der Waals surface area contributed by atoms with Crippen molar-refractivity contribution >= 4 is 44.6 Å². The maximum absolute atomic E-state index is 14.6. The Morgan fingerprint density at radius 3 is 1.73 bits per heavy atom. The molecular weight excluding hydrogens is 1130 g/mol. The zero-order valence-corrected chi connectivity index (χ0v) is 48.5. The second-order valence-corrected chi connectivity index (χ2v) is 24.4. The third-order valence-electron chi connectivity index (χ3n) is 14.8. The Bertz CT molecular complexity index is 3790. The summed E-state index contributed by atoms with van der Waals surface area (Å²) in [5.41, 5.74) is 16.4. The summed E-state index contributed by atoms with van der Waals surface area (Å²) < 4.78 is 24.0. The van der Waals surface area contributed by atoms with Crippen LogP contribution in [0.25, 0.3) is 61.0 Å². The molecule has 0 bridgehead atoms. The van der Waals surface area contributed by atoms with Crippen LogP contribution in [0.15, 0.2) is 176 Å². The first-order chi connectivity index (χ1) is 36.1. The zero-order chi connectivity index (χ0) is 53.5. The van der Waals surface area contributed by atoms with Gasteiger partial charge in [-0.15, -0.1) is 53.6 Å². The molecule has 0 fully saturated rings. The van der Waals surface area contributed by atoms with Gasteiger partial charge >= 0.3 is 0 Å². The number of anilines is 4. The molecule has 1 aliphatic heterocycles. The van der Waals surface area contributed by atoms with E-state index in [9.17, 15) is 4.39 Å². The van der Waals surface area contributed by atoms with E-state index in [1.54, 1.807) is 0 Å². The molecule has 392 valence electrons. The molecule has 0 saturated carbocycles. The standard InChI is InChI=1S/C70H66FN4O.Pt/c1-67(2,3)48-35-36-72-64(41-48)75-60-26-17-16-23-56(60)57-34-33-52(43-63(57)75)76-53-38-47(65-58(69(7,8)9)39-49(68(4,5)6)40-59(65)70(10,11)12)37-51(42-53)73-44-74(62-28-19-18-27-61(62)73)66-54(45-21-14-13-15-22-45)24-20-25-55(66)46-29-31-50(71)32-30-46;/h13-41,44H,1-12H3;/q-3;. The van der Waals surface area contributed by atoms with E-state index in [1.165, 1.54) is 39.9 Å². The SMILES string of the molecule is CC(C)(C)c1ccnc(-n2c3[c-]c(Oc4[c-]c(N5[CH-]N(c6c(-c7ccccc7)cccc6-c6ccc(F)cc6)c6ccccc65)cc(-c5c(C(C)(C)C)cc(C(C)(C)C)cc5C(C)(C)C)c4)ccc3c3ccccc32)c1.[Pt]. The van der Waals surface area contributed by atoms with Gasteiger partial charge in [0.05, 0.1) is 0 Å². The Balaban J connectivity index is 0.00000672. The monoisotopic (exact) mass is 1190 g/mol. The van der Waals surface area contributed by atoms with E-state index in [0.29, 0.717) is 11.5 Å². The number of hydrogen-bond acceptors (Lipinski definition) is 4. The maximum Gasteiger partial charge on any atom is 0.135 e. The van der Waals surface area contributed by atoms with Gasteiger partial charge in [0.1, 0.15) is 11.6 Å². The number of ether oxygens (including phenoxy) is 1. The average molecular weight is 1190 g/mol. The summed E-state index contributed by atoms with van der Waals surface area (Å²) in [4.78, 5) is 9.46. The number of para-hydroxylation sites is 4. The predicted octanol–water partition coefficient (Wildman–Crippen LogP) is 19.3. The first-order valence-electron chi connectivity index (χ1n) is 26.5. The second kappa shape index (κ2) is 19.9. The van der Waals surface area contributed by atoms with Crippen molar-refractivity contribution in [2.75, 3.05) is 9.80 Å². The van der Waals surface area contributed by atoms with Crippen LogP contribution in [0.4, 0.5) is 27.1 Å². The van der Waals surface area contributed by atoms with Gasteiger partial charge in [-0.1, -0.05) is 192 Å². The van der Waals surface area contributed by atoms with E-state index < -0.39 is 0 Å². The summed E-state index contributed by atoms with van der Waals surface area (Å²) in [6, 6.07) is 66.0. The maximum atomic E-state index is 14.6. The number of halogens is 1. The van der Waals surface area contributed by atoms with Gasteiger partial charge < -0.3 is 19.1 Å². The van der Waals surface area contributed by atoms with Gasteiger partial charge in [-0.05, 0) is 108 Å². The van der Waals surface area contributed by atoms with Crippen molar-refractivity contribution in [3.63, 3.8) is 0 Å². The molecule has 0 atom stereocenters. The van der Waals surface area contributed by atoms with Crippen molar-refractivity contribution in [2.24, 2.45) is 0 Å². The quantitative estimate of drug-likeness (QED) is 0.142. The minimum Gasteiger partial charge on any atom is -0.509 e. The summed E-state index contributed by atoms with van der Waals surface area (Å²) in [5.74, 6) is 1.67. The van der Waals surface area contributed by atoms with Gasteiger partial charge in [-0.3, -0.25) is 0 Å². The third-order valence-corrected chi connectivity index (χ3v) is 14.8. The molecular formula is C70H66FN4OPt-3. The van der Waals surface area contributed by atoms with Crippen LogP contribution in [0.5, 0.6) is 11.5 Å². The van der Waals surface area contributed by atoms with E-state index >= 15 is 0 Å². The molecule has 5 nitrogen and oxygen atoms in total. The molecule has 0 aliphatic carbocycles. The minimum atomic E-state index is -0.276. The van der Waals surface area contributed by atoms with Crippen LogP contribution in [-0.2, 0) is 42.7 Å². The Hall–Kier alpha value is -7.27. The molecule has 0 saturated heterocycles. The summed E-state index contributed by atoms with van der Waals surface area (Å²) in [6.07, 6.45) is 1.91. The van der Waals surface area contributed by atoms with Gasteiger partial charge in [-0.25, -0.2) is 9.37 Å². The molecule has 11 rings (SSSR count). The zero-order valence-electron chi connectivity index (χ0n) is 46.2. The second-order valence-electron chi connectivity index (χ2n) is 24.4. The molecule has 0 radical (unpaired) electrons. The van der Waals surface area contributed by atoms with Crippen molar-refractivity contribution in [1.82, 2.24) is 9.55 Å². The van der Waals surface area contributed by atoms with E-state index in [0.717, 1.165) is 78.2 Å². The molecule has 0 N–H and O–H groups in total. The van der Waals surface area contributed by atoms with Gasteiger partial charge in [0.2, 0.25) is 0 Å². The Kier molecular flexibility index (Phi) is 13.8. The van der Waals surface area contributed by atoms with Crippen LogP contribution >= 0.6 is 0 Å². The molecule has 0 amide bonds. The summed E-state index contributed by atoms with van der Waals surface area (Å²) in [7, 11) is 0. The smallest absolute Gasteiger partial charge is 0.135 e. The van der Waals surface area contributed by atoms with Crippen molar-refractivity contribution in [3.05, 3.63) is 223 Å². The van der Waals surface area contributed by atoms with Gasteiger partial charge in [-0.2, -0.15) is 6.07 Å². The van der Waals surface area contributed by atoms with Gasteiger partial charge in [0.15, 0.2) is 0 Å². The predicted molar refractivity (Wildman–Crippen MR) is 315 cm³/mol. The molecule has 3 heterocycles. The van der Waals surface area contributed by atoms with Crippen molar-refractivity contribution < 1.29 is 30.2 Å². The summed E-state index contributed by atoms with van der Waals surface area (Å²) >= 11 is 0. The number of pyridine rings is 1. The molecule has 7 heteroatoms. The molecule has 1 aliphatic rings. The molecule has 77 heavy (non-hydrogen) atoms. The number of rotatable bonds is 8. The fourth-order valence-electron chi connectivity index (χ4n) is 10.7. The van der Waals surface area contributed by atoms with Crippen molar-refractivity contribution in [2.45, 2.75) is 105 Å². The molecule has 0 spiro atoms. The Labute approximate surface area is 469 Å². The topological polar surface area (TPSA) is 33.5 Å². The molecule has 10 aromatic rings. The normalized spacial score (nSPS) is 13.1. The summed E-state index contributed by atoms with van der Waals surface area (Å²) in [5, 5.41) is 2.18. The van der Waals surface area contributed by atoms with Crippen LogP contribution in [0, 0.1) is 24.6 Å². The largest absolute Gasteiger partial charge is 0.509 e. The van der Waals surface area contributed by atoms with Gasteiger partial charge in [0.25, 0.3) is 0 Å². The fourth-order valence-corrected chi connectivity index (χ4v) is 10.7. The van der Waals surface area contributed by atoms with Crippen LogP contribution < -0.4 is 14.5 Å². The van der Waals surface area contributed by atoms with Crippen LogP contribution in [0.1, 0.15) is 105 Å². The van der Waals surface area contributed by atoms with Gasteiger partial charge in [0, 0.05) is 72.5 Å². The first kappa shape index (κ1) is 53.1. The first-order valence-corrected chi connectivity index (χ1v) is 26.5. The number of hydrogen-bond donors (Lipinski definition) is 0. The van der Waals surface area contributed by atoms with Crippen molar-refractivity contribution in [3.8, 4) is 50.7 Å². The van der Waals surface area contributed by atoms with E-state index in [2.05, 4.69) is 250 Å². The van der Waals surface area contributed by atoms with E-state index in [4.69, 9.17) is 9.72 Å². The van der Waals surface area contributed by atoms with Crippen molar-refractivity contribution in [1.29, 1.82) is 0 Å². The Morgan fingerprint density at radius 1 is 0.494 bits per heavy atom.